The van der Waals surface area contributed by atoms with E-state index in [4.69, 9.17) is 42.6 Å². The fourth-order valence-corrected chi connectivity index (χ4v) is 11.8. The van der Waals surface area contributed by atoms with Gasteiger partial charge in [-0.15, -0.1) is 0 Å². The number of alkyl halides is 4. The van der Waals surface area contributed by atoms with Crippen molar-refractivity contribution in [2.75, 3.05) is 33.6 Å². The van der Waals surface area contributed by atoms with Gasteiger partial charge < -0.3 is 52.1 Å². The predicted molar refractivity (Wildman–Crippen MR) is 229 cm³/mol. The van der Waals surface area contributed by atoms with Gasteiger partial charge in [0.25, 0.3) is 0 Å². The van der Waals surface area contributed by atoms with Crippen LogP contribution in [0, 0.1) is 35.5 Å². The lowest BCUT2D eigenvalue weighted by molar-refractivity contribution is -0.354. The number of esters is 3. The summed E-state index contributed by atoms with van der Waals surface area (Å²) in [5.41, 5.74) is -0.587. The van der Waals surface area contributed by atoms with Gasteiger partial charge in [-0.2, -0.15) is 17.6 Å². The molecular weight excluding hydrogens is 925 g/mol. The quantitative estimate of drug-likeness (QED) is 0.0587. The van der Waals surface area contributed by atoms with Gasteiger partial charge in [0.05, 0.1) is 0 Å². The predicted octanol–water partition coefficient (Wildman–Crippen LogP) is 9.54. The van der Waals surface area contributed by atoms with Crippen LogP contribution in [0.2, 0.25) is 0 Å². The third-order valence-electron chi connectivity index (χ3n) is 14.3. The Morgan fingerprint density at radius 2 is 0.841 bits per heavy atom. The molecule has 17 nitrogen and oxygen atoms in total. The number of ether oxygens (including phenoxy) is 11. The molecule has 2 unspecified atom stereocenters. The summed E-state index contributed by atoms with van der Waals surface area (Å²) in [5, 5.41) is 0. The van der Waals surface area contributed by atoms with Gasteiger partial charge in [-0.3, -0.25) is 0 Å². The molecule has 0 aromatic rings. The third-order valence-corrected chi connectivity index (χ3v) is 14.3. The Morgan fingerprint density at radius 3 is 1.22 bits per heavy atom. The van der Waals surface area contributed by atoms with Gasteiger partial charge in [0.1, 0.15) is 30.5 Å². The zero-order chi connectivity index (χ0) is 50.4. The lowest BCUT2D eigenvalue weighted by atomic mass is 9.51. The van der Waals surface area contributed by atoms with Crippen LogP contribution in [-0.2, 0) is 66.5 Å². The van der Waals surface area contributed by atoms with E-state index in [1.54, 1.807) is 0 Å². The summed E-state index contributed by atoms with van der Waals surface area (Å²) in [6.45, 7) is 10.4. The first-order valence-electron chi connectivity index (χ1n) is 23.5. The summed E-state index contributed by atoms with van der Waals surface area (Å²) < 4.78 is 111. The molecule has 10 aliphatic rings. The summed E-state index contributed by atoms with van der Waals surface area (Å²) in [6, 6.07) is 0. The van der Waals surface area contributed by atoms with Crippen molar-refractivity contribution in [3.8, 4) is 0 Å². The molecule has 386 valence electrons. The minimum Gasteiger partial charge on any atom is -0.431 e. The van der Waals surface area contributed by atoms with E-state index in [-0.39, 0.29) is 47.2 Å². The van der Waals surface area contributed by atoms with E-state index in [2.05, 4.69) is 29.2 Å². The average Bonchev–Trinajstić information content (AvgIpc) is 3.34. The molecule has 1 aliphatic heterocycles. The van der Waals surface area contributed by atoms with Crippen LogP contribution in [0.4, 0.5) is 31.9 Å². The van der Waals surface area contributed by atoms with E-state index < -0.39 is 105 Å². The summed E-state index contributed by atoms with van der Waals surface area (Å²) in [6.07, 6.45) is 11.3. The molecule has 8 bridgehead atoms. The molecule has 69 heavy (non-hydrogen) atoms. The van der Waals surface area contributed by atoms with E-state index >= 15 is 0 Å². The smallest absolute Gasteiger partial charge is 0.431 e. The first kappa shape index (κ1) is 53.4. The SMILES string of the molecule is C=C(C)C(=O)OCOC(=O)OC12CC3CC(C1)C1(OCC(F)(F)C(F)(F)CO1)C(C3)C2.C=C(C)C(=O)OCOC(=O)OC12CC3CC(CC(C3)C1)C2.C=C(C)C(=O)OCOC(=O)OC1CCCCC1. The zero-order valence-electron chi connectivity index (χ0n) is 39.5. The van der Waals surface area contributed by atoms with Crippen LogP contribution in [0.15, 0.2) is 36.5 Å². The molecule has 9 saturated carbocycles. The Labute approximate surface area is 398 Å². The highest BCUT2D eigenvalue weighted by molar-refractivity contribution is 5.87. The molecule has 2 atom stereocenters. The monoisotopic (exact) mass is 988 g/mol. The van der Waals surface area contributed by atoms with Gasteiger partial charge >= 0.3 is 48.2 Å². The normalized spacial score (nSPS) is 31.3. The number of halogens is 4. The molecule has 10 rings (SSSR count). The van der Waals surface area contributed by atoms with Gasteiger partial charge in [0.2, 0.25) is 20.4 Å². The Hall–Kier alpha value is -4.92. The van der Waals surface area contributed by atoms with Crippen molar-refractivity contribution in [3.63, 3.8) is 0 Å². The molecule has 0 aromatic heterocycles. The van der Waals surface area contributed by atoms with Gasteiger partial charge in [-0.1, -0.05) is 26.2 Å². The molecule has 0 aromatic carbocycles. The molecule has 9 aliphatic carbocycles. The van der Waals surface area contributed by atoms with Crippen LogP contribution < -0.4 is 0 Å². The van der Waals surface area contributed by atoms with Gasteiger partial charge in [-0.25, -0.2) is 28.8 Å². The number of hydrogen-bond acceptors (Lipinski definition) is 17. The molecule has 0 radical (unpaired) electrons. The maximum absolute atomic E-state index is 13.8. The summed E-state index contributed by atoms with van der Waals surface area (Å²) >= 11 is 0. The van der Waals surface area contributed by atoms with Crippen LogP contribution in [0.25, 0.3) is 0 Å². The van der Waals surface area contributed by atoms with Crippen LogP contribution in [0.3, 0.4) is 0 Å². The van der Waals surface area contributed by atoms with Crippen molar-refractivity contribution in [3.05, 3.63) is 36.5 Å². The van der Waals surface area contributed by atoms with E-state index in [9.17, 15) is 46.3 Å². The number of hydrogen-bond donors (Lipinski definition) is 0. The molecular formula is C48H64F4O17. The largest absolute Gasteiger partial charge is 0.511 e. The minimum atomic E-state index is -4.33. The van der Waals surface area contributed by atoms with Crippen molar-refractivity contribution < 1.29 is 98.4 Å². The van der Waals surface area contributed by atoms with Crippen molar-refractivity contribution >= 4 is 36.4 Å². The maximum atomic E-state index is 13.8. The Kier molecular flexibility index (Phi) is 17.0. The van der Waals surface area contributed by atoms with Crippen LogP contribution in [0.1, 0.15) is 124 Å². The second-order valence-corrected chi connectivity index (χ2v) is 20.1. The molecule has 1 heterocycles. The number of carbonyl (C=O) groups is 6. The summed E-state index contributed by atoms with van der Waals surface area (Å²) in [7, 11) is 0. The first-order valence-corrected chi connectivity index (χ1v) is 23.5. The van der Waals surface area contributed by atoms with Gasteiger partial charge in [0, 0.05) is 28.6 Å². The average molecular weight is 989 g/mol. The van der Waals surface area contributed by atoms with E-state index in [1.807, 2.05) is 0 Å². The number of rotatable bonds is 12. The lowest BCUT2D eigenvalue weighted by Gasteiger charge is -2.62. The van der Waals surface area contributed by atoms with Crippen molar-refractivity contribution in [1.29, 1.82) is 0 Å². The molecule has 21 heteroatoms. The highest BCUT2D eigenvalue weighted by atomic mass is 19.3. The Bertz CT molecular complexity index is 1890. The molecule has 0 N–H and O–H groups in total. The maximum Gasteiger partial charge on any atom is 0.511 e. The molecule has 1 saturated heterocycles. The topological polar surface area (TPSA) is 204 Å². The highest BCUT2D eigenvalue weighted by Crippen LogP contribution is 2.64. The lowest BCUT2D eigenvalue weighted by Crippen LogP contribution is -2.66. The van der Waals surface area contributed by atoms with Gasteiger partial charge in [-0.05, 0) is 141 Å². The molecule has 0 amide bonds. The second-order valence-electron chi connectivity index (χ2n) is 20.1. The molecule has 10 fully saturated rings. The fraction of sp³-hybridized carbons (Fsp3) is 0.750. The second kappa shape index (κ2) is 22.0. The van der Waals surface area contributed by atoms with Crippen LogP contribution >= 0.6 is 0 Å². The van der Waals surface area contributed by atoms with E-state index in [0.717, 1.165) is 44.9 Å². The minimum absolute atomic E-state index is 0.0620. The fourth-order valence-electron chi connectivity index (χ4n) is 11.8. The number of carbonyl (C=O) groups excluding carboxylic acids is 6. The Morgan fingerprint density at radius 1 is 0.493 bits per heavy atom. The Balaban J connectivity index is 0.000000180. The van der Waals surface area contributed by atoms with Crippen molar-refractivity contribution in [1.82, 2.24) is 0 Å². The molecule has 1 spiro atoms. The van der Waals surface area contributed by atoms with E-state index in [0.29, 0.717) is 37.0 Å². The summed E-state index contributed by atoms with van der Waals surface area (Å²) in [5.74, 6) is -10.8. The standard InChI is InChI=1S/C20H24F4O7.C16H22O5.C12H18O5/c1-11(2)15(25)27-10-28-16(26)31-17-5-12-3-13(6-17)20(14(4-12)7-17)29-8-18(21,22)19(23,24)9-30-20;1-10(2)14(17)19-9-20-15(18)21-16-6-11-3-12(7-16)5-13(4-11)8-16;1-9(2)11(13)15-8-16-12(14)17-10-6-4-3-5-7-10/h12-14H,1,3-10H2,2H3;11-13H,1,3-9H2,2H3;10H,1,3-8H2,2H3. The van der Waals surface area contributed by atoms with Crippen LogP contribution in [-0.4, -0.2) is 105 Å². The summed E-state index contributed by atoms with van der Waals surface area (Å²) in [4.78, 5) is 68.7. The first-order chi connectivity index (χ1) is 32.4. The highest BCUT2D eigenvalue weighted by Gasteiger charge is 2.70. The van der Waals surface area contributed by atoms with Gasteiger partial charge in [0.15, 0.2) is 5.79 Å². The van der Waals surface area contributed by atoms with E-state index in [1.165, 1.54) is 46.5 Å². The zero-order valence-corrected chi connectivity index (χ0v) is 39.5. The van der Waals surface area contributed by atoms with Crippen molar-refractivity contribution in [2.24, 2.45) is 35.5 Å². The third kappa shape index (κ3) is 13.5. The van der Waals surface area contributed by atoms with Crippen molar-refractivity contribution in [2.45, 2.75) is 158 Å². The van der Waals surface area contributed by atoms with Crippen LogP contribution in [0.5, 0.6) is 0 Å².